The minimum absolute atomic E-state index is 0.107. The first-order valence-corrected chi connectivity index (χ1v) is 11.7. The second-order valence-corrected chi connectivity index (χ2v) is 8.63. The van der Waals surface area contributed by atoms with Gasteiger partial charge in [-0.1, -0.05) is 48.5 Å². The van der Waals surface area contributed by atoms with Crippen LogP contribution < -0.4 is 0 Å². The number of hydrogen-bond acceptors (Lipinski definition) is 9. The maximum absolute atomic E-state index is 13.2. The quantitative estimate of drug-likeness (QED) is 0.257. The average molecular weight is 485 g/mol. The monoisotopic (exact) mass is 484 g/mol. The fourth-order valence-electron chi connectivity index (χ4n) is 5.87. The van der Waals surface area contributed by atoms with Crippen molar-refractivity contribution in [1.82, 2.24) is 0 Å². The SMILES string of the molecule is O=C1OC(=O)C2C1C1(OCCOCCO)c3ccccc3C2(OCCOCCO)c2ccccc21. The van der Waals surface area contributed by atoms with E-state index in [-0.39, 0.29) is 52.9 Å². The molecule has 0 spiro atoms. The first kappa shape index (κ1) is 24.1. The molecule has 2 aromatic carbocycles. The summed E-state index contributed by atoms with van der Waals surface area (Å²) in [4.78, 5) is 26.5. The van der Waals surface area contributed by atoms with Crippen molar-refractivity contribution in [2.75, 3.05) is 52.9 Å². The van der Waals surface area contributed by atoms with Crippen LogP contribution in [0.1, 0.15) is 22.3 Å². The molecule has 2 aromatic rings. The summed E-state index contributed by atoms with van der Waals surface area (Å²) < 4.78 is 29.1. The largest absolute Gasteiger partial charge is 0.394 e. The summed E-state index contributed by atoms with van der Waals surface area (Å²) in [5.74, 6) is -3.19. The van der Waals surface area contributed by atoms with E-state index in [1.165, 1.54) is 0 Å². The average Bonchev–Trinajstić information content (AvgIpc) is 3.20. The smallest absolute Gasteiger partial charge is 0.321 e. The van der Waals surface area contributed by atoms with Crippen molar-refractivity contribution in [2.45, 2.75) is 11.2 Å². The van der Waals surface area contributed by atoms with E-state index >= 15 is 0 Å². The van der Waals surface area contributed by atoms with Gasteiger partial charge in [-0.2, -0.15) is 0 Å². The van der Waals surface area contributed by atoms with Crippen LogP contribution in [0.15, 0.2) is 48.5 Å². The molecular weight excluding hydrogens is 456 g/mol. The Morgan fingerprint density at radius 3 is 1.34 bits per heavy atom. The number of esters is 2. The molecule has 0 aromatic heterocycles. The van der Waals surface area contributed by atoms with Gasteiger partial charge in [-0.05, 0) is 22.3 Å². The van der Waals surface area contributed by atoms with Gasteiger partial charge in [0.25, 0.3) is 0 Å². The van der Waals surface area contributed by atoms with Gasteiger partial charge in [0.15, 0.2) is 0 Å². The van der Waals surface area contributed by atoms with Gasteiger partial charge in [0.05, 0.1) is 52.9 Å². The summed E-state index contributed by atoms with van der Waals surface area (Å²) in [5, 5.41) is 18.0. The van der Waals surface area contributed by atoms with Gasteiger partial charge in [0, 0.05) is 0 Å². The van der Waals surface area contributed by atoms with Crippen molar-refractivity contribution in [3.63, 3.8) is 0 Å². The maximum atomic E-state index is 13.2. The summed E-state index contributed by atoms with van der Waals surface area (Å²) in [7, 11) is 0. The third-order valence-electron chi connectivity index (χ3n) is 6.96. The van der Waals surface area contributed by atoms with Gasteiger partial charge in [0.1, 0.15) is 23.0 Å². The summed E-state index contributed by atoms with van der Waals surface area (Å²) in [6, 6.07) is 15.0. The molecule has 1 saturated heterocycles. The van der Waals surface area contributed by atoms with E-state index in [0.717, 1.165) is 22.3 Å². The van der Waals surface area contributed by atoms with Crippen molar-refractivity contribution in [3.05, 3.63) is 70.8 Å². The number of carbonyl (C=O) groups excluding carboxylic acids is 2. The molecule has 186 valence electrons. The molecule has 9 heteroatoms. The van der Waals surface area contributed by atoms with E-state index in [2.05, 4.69) is 0 Å². The molecule has 2 N–H and O–H groups in total. The predicted octanol–water partition coefficient (Wildman–Crippen LogP) is 0.868. The Labute approximate surface area is 202 Å². The Bertz CT molecular complexity index is 966. The van der Waals surface area contributed by atoms with Gasteiger partial charge < -0.3 is 33.9 Å². The highest BCUT2D eigenvalue weighted by molar-refractivity contribution is 6.01. The van der Waals surface area contributed by atoms with Gasteiger partial charge in [-0.25, -0.2) is 0 Å². The van der Waals surface area contributed by atoms with Crippen molar-refractivity contribution >= 4 is 11.9 Å². The zero-order chi connectivity index (χ0) is 24.5. The maximum Gasteiger partial charge on any atom is 0.321 e. The third kappa shape index (κ3) is 3.54. The second-order valence-electron chi connectivity index (χ2n) is 8.63. The molecule has 1 heterocycles. The van der Waals surface area contributed by atoms with Crippen LogP contribution >= 0.6 is 0 Å². The molecule has 4 aliphatic rings. The van der Waals surface area contributed by atoms with Gasteiger partial charge in [-0.15, -0.1) is 0 Å². The van der Waals surface area contributed by atoms with Crippen LogP contribution in [0.3, 0.4) is 0 Å². The van der Waals surface area contributed by atoms with Crippen LogP contribution in [0.5, 0.6) is 0 Å². The van der Waals surface area contributed by atoms with Gasteiger partial charge in [-0.3, -0.25) is 9.59 Å². The van der Waals surface area contributed by atoms with Gasteiger partial charge in [0.2, 0.25) is 0 Å². The Balaban J connectivity index is 1.66. The standard InChI is InChI=1S/C26H28O9/c27-9-11-31-13-15-33-25-17-5-1-2-6-18(17)26(34-16-14-32-12-10-28,20-8-4-3-7-19(20)25)22-21(25)23(29)35-24(22)30/h1-8,21-22,27-28H,9-16H2. The highest BCUT2D eigenvalue weighted by Crippen LogP contribution is 2.67. The third-order valence-corrected chi connectivity index (χ3v) is 6.96. The molecule has 0 saturated carbocycles. The van der Waals surface area contributed by atoms with Gasteiger partial charge >= 0.3 is 11.9 Å². The van der Waals surface area contributed by atoms with Crippen molar-refractivity contribution in [3.8, 4) is 0 Å². The van der Waals surface area contributed by atoms with E-state index in [4.69, 9.17) is 33.9 Å². The first-order valence-electron chi connectivity index (χ1n) is 11.7. The fraction of sp³-hybridized carbons (Fsp3) is 0.462. The van der Waals surface area contributed by atoms with E-state index in [1.807, 2.05) is 48.5 Å². The molecule has 35 heavy (non-hydrogen) atoms. The number of ether oxygens (including phenoxy) is 5. The first-order chi connectivity index (χ1) is 17.1. The lowest BCUT2D eigenvalue weighted by Crippen LogP contribution is -2.63. The molecule has 0 radical (unpaired) electrons. The Hall–Kier alpha value is -2.66. The van der Waals surface area contributed by atoms with Crippen molar-refractivity contribution in [1.29, 1.82) is 0 Å². The Morgan fingerprint density at radius 1 is 0.629 bits per heavy atom. The molecular formula is C26H28O9. The summed E-state index contributed by atoms with van der Waals surface area (Å²) in [5.41, 5.74) is 0.440. The number of cyclic esters (lactones) is 2. The van der Waals surface area contributed by atoms with Crippen molar-refractivity contribution in [2.24, 2.45) is 11.8 Å². The number of hydrogen-bond donors (Lipinski definition) is 2. The number of benzene rings is 2. The van der Waals surface area contributed by atoms with Crippen LogP contribution in [-0.2, 0) is 44.5 Å². The minimum atomic E-state index is -1.26. The Morgan fingerprint density at radius 2 is 1.00 bits per heavy atom. The lowest BCUT2D eigenvalue weighted by atomic mass is 9.50. The van der Waals surface area contributed by atoms with E-state index < -0.39 is 35.0 Å². The van der Waals surface area contributed by atoms with E-state index in [9.17, 15) is 9.59 Å². The highest BCUT2D eigenvalue weighted by Gasteiger charge is 2.74. The lowest BCUT2D eigenvalue weighted by Gasteiger charge is -2.58. The molecule has 9 nitrogen and oxygen atoms in total. The Kier molecular flexibility index (Phi) is 6.71. The van der Waals surface area contributed by atoms with E-state index in [1.54, 1.807) is 0 Å². The lowest BCUT2D eigenvalue weighted by molar-refractivity contribution is -0.182. The molecule has 0 amide bonds. The van der Waals surface area contributed by atoms with Crippen LogP contribution in [0, 0.1) is 11.8 Å². The van der Waals surface area contributed by atoms with Crippen LogP contribution in [0.25, 0.3) is 0 Å². The number of aliphatic hydroxyl groups excluding tert-OH is 2. The van der Waals surface area contributed by atoms with Crippen molar-refractivity contribution < 1.29 is 43.5 Å². The summed E-state index contributed by atoms with van der Waals surface area (Å²) >= 11 is 0. The molecule has 2 bridgehead atoms. The fourth-order valence-corrected chi connectivity index (χ4v) is 5.87. The normalized spacial score (nSPS) is 27.9. The zero-order valence-corrected chi connectivity index (χ0v) is 19.2. The summed E-state index contributed by atoms with van der Waals surface area (Å²) in [6.07, 6.45) is 0. The molecule has 6 rings (SSSR count). The van der Waals surface area contributed by atoms with Crippen LogP contribution in [0.2, 0.25) is 0 Å². The molecule has 3 aliphatic carbocycles. The number of carbonyl (C=O) groups is 2. The number of aliphatic hydroxyl groups is 2. The molecule has 2 unspecified atom stereocenters. The molecule has 1 aliphatic heterocycles. The van der Waals surface area contributed by atoms with Crippen LogP contribution in [0.4, 0.5) is 0 Å². The predicted molar refractivity (Wildman–Crippen MR) is 120 cm³/mol. The van der Waals surface area contributed by atoms with Crippen LogP contribution in [-0.4, -0.2) is 75.0 Å². The highest BCUT2D eigenvalue weighted by atomic mass is 16.6. The second kappa shape index (κ2) is 9.77. The zero-order valence-electron chi connectivity index (χ0n) is 19.2. The number of rotatable bonds is 12. The topological polar surface area (TPSA) is 121 Å². The molecule has 2 atom stereocenters. The minimum Gasteiger partial charge on any atom is -0.394 e. The van der Waals surface area contributed by atoms with E-state index in [0.29, 0.717) is 0 Å². The summed E-state index contributed by atoms with van der Waals surface area (Å²) in [6.45, 7) is 0.811. The molecule has 1 fully saturated rings.